The van der Waals surface area contributed by atoms with Crippen molar-refractivity contribution in [2.45, 2.75) is 6.92 Å². The second-order valence-corrected chi connectivity index (χ2v) is 4.53. The lowest BCUT2D eigenvalue weighted by atomic mass is 10.5. The zero-order valence-corrected chi connectivity index (χ0v) is 10.9. The SMILES string of the molecule is C/C=C(/CNCO)SC/C=C/C=C\SC. The van der Waals surface area contributed by atoms with Gasteiger partial charge in [-0.3, -0.25) is 5.32 Å². The Morgan fingerprint density at radius 1 is 1.40 bits per heavy atom. The van der Waals surface area contributed by atoms with E-state index in [1.54, 1.807) is 23.5 Å². The molecule has 0 aromatic rings. The molecule has 0 aliphatic rings. The molecule has 0 heterocycles. The summed E-state index contributed by atoms with van der Waals surface area (Å²) in [5.74, 6) is 0.964. The summed E-state index contributed by atoms with van der Waals surface area (Å²) in [6, 6.07) is 0. The summed E-state index contributed by atoms with van der Waals surface area (Å²) in [6.07, 6.45) is 10.3. The fourth-order valence-corrected chi connectivity index (χ4v) is 1.87. The van der Waals surface area contributed by atoms with E-state index < -0.39 is 0 Å². The Kier molecular flexibility index (Phi) is 11.8. The molecule has 0 bridgehead atoms. The molecule has 86 valence electrons. The quantitative estimate of drug-likeness (QED) is 0.508. The molecule has 0 spiro atoms. The van der Waals surface area contributed by atoms with E-state index >= 15 is 0 Å². The van der Waals surface area contributed by atoms with Gasteiger partial charge in [-0.25, -0.2) is 0 Å². The van der Waals surface area contributed by atoms with Crippen LogP contribution in [0.4, 0.5) is 0 Å². The van der Waals surface area contributed by atoms with Crippen molar-refractivity contribution in [2.75, 3.05) is 25.3 Å². The molecule has 0 fully saturated rings. The van der Waals surface area contributed by atoms with Gasteiger partial charge < -0.3 is 5.11 Å². The first kappa shape index (κ1) is 14.8. The van der Waals surface area contributed by atoms with Gasteiger partial charge in [-0.2, -0.15) is 0 Å². The summed E-state index contributed by atoms with van der Waals surface area (Å²) in [7, 11) is 0. The first-order chi connectivity index (χ1) is 7.35. The minimum absolute atomic E-state index is 0.0319. The van der Waals surface area contributed by atoms with Crippen molar-refractivity contribution in [1.82, 2.24) is 5.32 Å². The van der Waals surface area contributed by atoms with Crippen molar-refractivity contribution in [3.63, 3.8) is 0 Å². The summed E-state index contributed by atoms with van der Waals surface area (Å²) in [5.41, 5.74) is 0. The van der Waals surface area contributed by atoms with Gasteiger partial charge in [0.15, 0.2) is 0 Å². The average Bonchev–Trinajstić information content (AvgIpc) is 2.27. The van der Waals surface area contributed by atoms with Crippen molar-refractivity contribution >= 4 is 23.5 Å². The second-order valence-electron chi connectivity index (χ2n) is 2.64. The first-order valence-electron chi connectivity index (χ1n) is 4.79. The normalized spacial score (nSPS) is 13.1. The third kappa shape index (κ3) is 10.1. The van der Waals surface area contributed by atoms with Crippen molar-refractivity contribution in [1.29, 1.82) is 0 Å². The van der Waals surface area contributed by atoms with Crippen LogP contribution in [0, 0.1) is 0 Å². The molecular formula is C11H19NOS2. The van der Waals surface area contributed by atoms with E-state index in [1.165, 1.54) is 4.91 Å². The Balaban J connectivity index is 3.63. The van der Waals surface area contributed by atoms with Crippen molar-refractivity contribution in [3.8, 4) is 0 Å². The highest BCUT2D eigenvalue weighted by Gasteiger charge is 1.93. The monoisotopic (exact) mass is 245 g/mol. The summed E-state index contributed by atoms with van der Waals surface area (Å²) < 4.78 is 0. The number of aliphatic hydroxyl groups is 1. The van der Waals surface area contributed by atoms with Crippen LogP contribution in [0.25, 0.3) is 0 Å². The fourth-order valence-electron chi connectivity index (χ4n) is 0.829. The fraction of sp³-hybridized carbons (Fsp3) is 0.455. The Bertz CT molecular complexity index is 225. The standard InChI is InChI=1S/C11H19NOS2/c1-3-11(9-12-10-13)15-8-6-4-5-7-14-2/h3-7,12-13H,8-10H2,1-2H3/b6-4+,7-5-,11-3-. The van der Waals surface area contributed by atoms with E-state index in [2.05, 4.69) is 23.5 Å². The third-order valence-electron chi connectivity index (χ3n) is 1.56. The molecule has 2 nitrogen and oxygen atoms in total. The first-order valence-corrected chi connectivity index (χ1v) is 7.06. The Hall–Kier alpha value is -0.160. The van der Waals surface area contributed by atoms with E-state index in [0.717, 1.165) is 12.3 Å². The summed E-state index contributed by atoms with van der Waals surface area (Å²) in [5, 5.41) is 13.5. The van der Waals surface area contributed by atoms with Gasteiger partial charge in [0.1, 0.15) is 0 Å². The number of hydrogen-bond acceptors (Lipinski definition) is 4. The van der Waals surface area contributed by atoms with E-state index in [1.807, 2.05) is 24.7 Å². The highest BCUT2D eigenvalue weighted by molar-refractivity contribution is 8.03. The maximum atomic E-state index is 8.61. The van der Waals surface area contributed by atoms with Crippen LogP contribution in [0.5, 0.6) is 0 Å². The summed E-state index contributed by atoms with van der Waals surface area (Å²) in [6.45, 7) is 2.79. The average molecular weight is 245 g/mol. The Labute approximate surface area is 101 Å². The van der Waals surface area contributed by atoms with Crippen LogP contribution in [0.3, 0.4) is 0 Å². The molecule has 0 aliphatic heterocycles. The number of hydrogen-bond donors (Lipinski definition) is 2. The van der Waals surface area contributed by atoms with Crippen molar-refractivity contribution < 1.29 is 5.11 Å². The smallest absolute Gasteiger partial charge is 0.0934 e. The second kappa shape index (κ2) is 11.9. The lowest BCUT2D eigenvalue weighted by Gasteiger charge is -2.04. The van der Waals surface area contributed by atoms with Crippen molar-refractivity contribution in [3.05, 3.63) is 34.6 Å². The predicted molar refractivity (Wildman–Crippen MR) is 73.1 cm³/mol. The van der Waals surface area contributed by atoms with E-state index in [-0.39, 0.29) is 6.73 Å². The Morgan fingerprint density at radius 3 is 2.80 bits per heavy atom. The van der Waals surface area contributed by atoms with Gasteiger partial charge in [0.2, 0.25) is 0 Å². The largest absolute Gasteiger partial charge is 0.381 e. The molecule has 0 rings (SSSR count). The maximum absolute atomic E-state index is 8.61. The van der Waals surface area contributed by atoms with Crippen LogP contribution in [0.1, 0.15) is 6.92 Å². The zero-order chi connectivity index (χ0) is 11.4. The van der Waals surface area contributed by atoms with Gasteiger partial charge in [-0.15, -0.1) is 23.5 Å². The molecule has 15 heavy (non-hydrogen) atoms. The molecule has 0 aromatic carbocycles. The van der Waals surface area contributed by atoms with Gasteiger partial charge in [-0.1, -0.05) is 24.3 Å². The van der Waals surface area contributed by atoms with E-state index in [0.29, 0.717) is 0 Å². The van der Waals surface area contributed by atoms with Crippen LogP contribution in [0.15, 0.2) is 34.6 Å². The van der Waals surface area contributed by atoms with Gasteiger partial charge >= 0.3 is 0 Å². The lowest BCUT2D eigenvalue weighted by molar-refractivity contribution is 0.267. The van der Waals surface area contributed by atoms with Crippen LogP contribution in [-0.2, 0) is 0 Å². The number of nitrogens with one attached hydrogen (secondary N) is 1. The topological polar surface area (TPSA) is 32.3 Å². The molecular weight excluding hydrogens is 226 g/mol. The van der Waals surface area contributed by atoms with Gasteiger partial charge in [0, 0.05) is 12.3 Å². The molecule has 0 saturated carbocycles. The van der Waals surface area contributed by atoms with Crippen LogP contribution in [-0.4, -0.2) is 30.4 Å². The van der Waals surface area contributed by atoms with Gasteiger partial charge in [-0.05, 0) is 23.5 Å². The minimum Gasteiger partial charge on any atom is -0.381 e. The third-order valence-corrected chi connectivity index (χ3v) is 3.10. The van der Waals surface area contributed by atoms with E-state index in [4.69, 9.17) is 5.11 Å². The number of rotatable bonds is 8. The molecule has 0 radical (unpaired) electrons. The van der Waals surface area contributed by atoms with Crippen molar-refractivity contribution in [2.24, 2.45) is 0 Å². The Morgan fingerprint density at radius 2 is 2.20 bits per heavy atom. The van der Waals surface area contributed by atoms with Crippen LogP contribution in [0.2, 0.25) is 0 Å². The van der Waals surface area contributed by atoms with Gasteiger partial charge in [0.05, 0.1) is 6.73 Å². The number of aliphatic hydroxyl groups excluding tert-OH is 1. The molecule has 0 atom stereocenters. The summed E-state index contributed by atoms with van der Waals surface area (Å²) >= 11 is 3.47. The zero-order valence-electron chi connectivity index (χ0n) is 9.27. The van der Waals surface area contributed by atoms with Crippen LogP contribution < -0.4 is 5.32 Å². The molecule has 2 N–H and O–H groups in total. The highest BCUT2D eigenvalue weighted by atomic mass is 32.2. The molecule has 4 heteroatoms. The molecule has 0 aromatic heterocycles. The lowest BCUT2D eigenvalue weighted by Crippen LogP contribution is -2.16. The summed E-state index contributed by atoms with van der Waals surface area (Å²) in [4.78, 5) is 1.25. The van der Waals surface area contributed by atoms with Gasteiger partial charge in [0.25, 0.3) is 0 Å². The molecule has 0 unspecified atom stereocenters. The molecule has 0 saturated heterocycles. The predicted octanol–water partition coefficient (Wildman–Crippen LogP) is 2.60. The van der Waals surface area contributed by atoms with Crippen LogP contribution >= 0.6 is 23.5 Å². The number of thioether (sulfide) groups is 2. The number of allylic oxidation sites excluding steroid dienone is 3. The minimum atomic E-state index is 0.0319. The molecule has 0 amide bonds. The highest BCUT2D eigenvalue weighted by Crippen LogP contribution is 2.14. The van der Waals surface area contributed by atoms with E-state index in [9.17, 15) is 0 Å². The molecule has 0 aliphatic carbocycles. The maximum Gasteiger partial charge on any atom is 0.0934 e.